The van der Waals surface area contributed by atoms with Crippen molar-refractivity contribution in [1.82, 2.24) is 14.8 Å². The number of carbonyl (C=O) groups excluding carboxylic acids is 2. The zero-order chi connectivity index (χ0) is 20.1. The summed E-state index contributed by atoms with van der Waals surface area (Å²) in [5.74, 6) is 0.379. The van der Waals surface area contributed by atoms with E-state index in [9.17, 15) is 9.59 Å². The molecule has 0 atom stereocenters. The third kappa shape index (κ3) is 3.28. The molecule has 0 unspecified atom stereocenters. The molecule has 0 spiro atoms. The topological polar surface area (TPSA) is 90.0 Å². The minimum Gasteiger partial charge on any atom is -0.455 e. The van der Waals surface area contributed by atoms with Crippen molar-refractivity contribution in [2.24, 2.45) is 5.41 Å². The van der Waals surface area contributed by atoms with Gasteiger partial charge in [0.25, 0.3) is 5.91 Å². The van der Waals surface area contributed by atoms with Crippen LogP contribution in [0.5, 0.6) is 0 Å². The van der Waals surface area contributed by atoms with Crippen molar-refractivity contribution in [3.05, 3.63) is 58.0 Å². The van der Waals surface area contributed by atoms with Gasteiger partial charge in [-0.05, 0) is 30.5 Å². The Bertz CT molecular complexity index is 1080. The molecule has 144 valence electrons. The molecule has 28 heavy (non-hydrogen) atoms. The fourth-order valence-electron chi connectivity index (χ4n) is 3.62. The Balaban J connectivity index is 1.70. The van der Waals surface area contributed by atoms with E-state index >= 15 is 0 Å². The lowest BCUT2D eigenvalue weighted by molar-refractivity contribution is 0.0898. The number of hydrogen-bond donors (Lipinski definition) is 1. The number of furan rings is 1. The van der Waals surface area contributed by atoms with Crippen molar-refractivity contribution in [1.29, 1.82) is 0 Å². The predicted molar refractivity (Wildman–Crippen MR) is 107 cm³/mol. The van der Waals surface area contributed by atoms with Crippen LogP contribution in [-0.4, -0.2) is 26.5 Å². The summed E-state index contributed by atoms with van der Waals surface area (Å²) in [7, 11) is 0. The highest BCUT2D eigenvalue weighted by atomic mass is 79.9. The number of benzene rings is 1. The van der Waals surface area contributed by atoms with Crippen LogP contribution in [0.4, 0.5) is 5.69 Å². The van der Waals surface area contributed by atoms with Crippen LogP contribution in [0.25, 0.3) is 5.69 Å². The third-order valence-electron chi connectivity index (χ3n) is 4.86. The van der Waals surface area contributed by atoms with Gasteiger partial charge in [0.2, 0.25) is 0 Å². The SMILES string of the molecule is Cc1c(C(=O)Nc2cc(Br)ccc2-n2cncn2)oc2c1C(=O)CC(C)(C)C2. The van der Waals surface area contributed by atoms with Gasteiger partial charge in [0.1, 0.15) is 18.4 Å². The Hall–Kier alpha value is -2.74. The number of fused-ring (bicyclic) bond motifs is 1. The zero-order valence-electron chi connectivity index (χ0n) is 15.7. The Labute approximate surface area is 170 Å². The van der Waals surface area contributed by atoms with Gasteiger partial charge in [-0.1, -0.05) is 29.8 Å². The Kier molecular flexibility index (Phi) is 4.45. The van der Waals surface area contributed by atoms with E-state index in [1.165, 1.54) is 6.33 Å². The molecule has 7 nitrogen and oxygen atoms in total. The minimum atomic E-state index is -0.406. The van der Waals surface area contributed by atoms with Gasteiger partial charge in [-0.2, -0.15) is 5.10 Å². The van der Waals surface area contributed by atoms with E-state index in [-0.39, 0.29) is 17.0 Å². The Morgan fingerprint density at radius 2 is 2.11 bits per heavy atom. The summed E-state index contributed by atoms with van der Waals surface area (Å²) in [6.07, 6.45) is 4.05. The van der Waals surface area contributed by atoms with Gasteiger partial charge in [-0.3, -0.25) is 9.59 Å². The van der Waals surface area contributed by atoms with E-state index in [0.29, 0.717) is 41.1 Å². The number of ketones is 1. The van der Waals surface area contributed by atoms with E-state index in [0.717, 1.165) is 4.47 Å². The number of aromatic nitrogens is 3. The summed E-state index contributed by atoms with van der Waals surface area (Å²) >= 11 is 3.42. The number of Topliss-reactive ketones (excluding diaryl/α,β-unsaturated/α-hetero) is 1. The zero-order valence-corrected chi connectivity index (χ0v) is 17.3. The number of hydrogen-bond acceptors (Lipinski definition) is 5. The average Bonchev–Trinajstić information content (AvgIpc) is 3.22. The van der Waals surface area contributed by atoms with Crippen molar-refractivity contribution in [2.75, 3.05) is 5.32 Å². The molecule has 4 rings (SSSR count). The molecule has 1 N–H and O–H groups in total. The van der Waals surface area contributed by atoms with Gasteiger partial charge in [0, 0.05) is 22.9 Å². The van der Waals surface area contributed by atoms with Crippen LogP contribution in [0.1, 0.15) is 52.5 Å². The highest BCUT2D eigenvalue weighted by molar-refractivity contribution is 9.10. The molecule has 0 saturated heterocycles. The van der Waals surface area contributed by atoms with Gasteiger partial charge in [0.05, 0.1) is 16.9 Å². The first-order valence-electron chi connectivity index (χ1n) is 8.86. The largest absolute Gasteiger partial charge is 0.455 e. The monoisotopic (exact) mass is 442 g/mol. The Morgan fingerprint density at radius 1 is 1.32 bits per heavy atom. The number of halogens is 1. The average molecular weight is 443 g/mol. The van der Waals surface area contributed by atoms with Crippen LogP contribution in [0.15, 0.2) is 39.7 Å². The van der Waals surface area contributed by atoms with Crippen molar-refractivity contribution in [3.8, 4) is 5.69 Å². The van der Waals surface area contributed by atoms with Crippen LogP contribution < -0.4 is 5.32 Å². The van der Waals surface area contributed by atoms with Crippen molar-refractivity contribution >= 4 is 33.3 Å². The number of anilines is 1. The summed E-state index contributed by atoms with van der Waals surface area (Å²) in [6.45, 7) is 5.81. The number of nitrogens with zero attached hydrogens (tertiary/aromatic N) is 3. The maximum absolute atomic E-state index is 13.0. The van der Waals surface area contributed by atoms with Gasteiger partial charge < -0.3 is 9.73 Å². The normalized spacial score (nSPS) is 15.4. The van der Waals surface area contributed by atoms with Crippen molar-refractivity contribution in [2.45, 2.75) is 33.6 Å². The molecule has 0 aliphatic heterocycles. The standard InChI is InChI=1S/C20H19BrN4O3/c1-11-17-15(26)7-20(2,3)8-16(17)28-18(11)19(27)24-13-6-12(21)4-5-14(13)25-10-22-9-23-25/h4-6,9-10H,7-8H2,1-3H3,(H,24,27). The number of amides is 1. The molecular weight excluding hydrogens is 424 g/mol. The lowest BCUT2D eigenvalue weighted by Gasteiger charge is -2.27. The van der Waals surface area contributed by atoms with Crippen molar-refractivity contribution < 1.29 is 14.0 Å². The van der Waals surface area contributed by atoms with E-state index in [1.807, 2.05) is 26.0 Å². The van der Waals surface area contributed by atoms with Crippen LogP contribution in [0.3, 0.4) is 0 Å². The highest BCUT2D eigenvalue weighted by Crippen LogP contribution is 2.38. The highest BCUT2D eigenvalue weighted by Gasteiger charge is 2.37. The molecule has 0 radical (unpaired) electrons. The first-order valence-corrected chi connectivity index (χ1v) is 9.66. The molecule has 0 bridgehead atoms. The van der Waals surface area contributed by atoms with Crippen LogP contribution in [0.2, 0.25) is 0 Å². The van der Waals surface area contributed by atoms with E-state index in [2.05, 4.69) is 31.3 Å². The number of carbonyl (C=O) groups is 2. The first-order chi connectivity index (χ1) is 13.2. The Morgan fingerprint density at radius 3 is 2.82 bits per heavy atom. The maximum atomic E-state index is 13.0. The molecule has 2 heterocycles. The van der Waals surface area contributed by atoms with Gasteiger partial charge in [-0.15, -0.1) is 0 Å². The van der Waals surface area contributed by atoms with E-state index < -0.39 is 5.91 Å². The summed E-state index contributed by atoms with van der Waals surface area (Å²) in [5, 5.41) is 7.00. The lowest BCUT2D eigenvalue weighted by Crippen LogP contribution is -2.26. The predicted octanol–water partition coefficient (Wildman–Crippen LogP) is 4.34. The number of rotatable bonds is 3. The minimum absolute atomic E-state index is 0.0253. The van der Waals surface area contributed by atoms with Crippen LogP contribution >= 0.6 is 15.9 Å². The first kappa shape index (κ1) is 18.6. The lowest BCUT2D eigenvalue weighted by atomic mass is 9.76. The molecule has 0 fully saturated rings. The second-order valence-electron chi connectivity index (χ2n) is 7.75. The maximum Gasteiger partial charge on any atom is 0.291 e. The summed E-state index contributed by atoms with van der Waals surface area (Å²) in [4.78, 5) is 29.5. The van der Waals surface area contributed by atoms with E-state index in [4.69, 9.17) is 4.42 Å². The van der Waals surface area contributed by atoms with E-state index in [1.54, 1.807) is 24.0 Å². The molecule has 1 aromatic carbocycles. The molecular formula is C20H19BrN4O3. The second kappa shape index (κ2) is 6.70. The molecule has 3 aromatic rings. The summed E-state index contributed by atoms with van der Waals surface area (Å²) in [5.41, 5.74) is 2.18. The van der Waals surface area contributed by atoms with Crippen LogP contribution in [-0.2, 0) is 6.42 Å². The molecule has 1 aliphatic carbocycles. The van der Waals surface area contributed by atoms with Crippen LogP contribution in [0, 0.1) is 12.3 Å². The van der Waals surface area contributed by atoms with Gasteiger partial charge in [-0.25, -0.2) is 9.67 Å². The quantitative estimate of drug-likeness (QED) is 0.651. The van der Waals surface area contributed by atoms with Gasteiger partial charge in [0.15, 0.2) is 11.5 Å². The molecule has 2 aromatic heterocycles. The number of nitrogens with one attached hydrogen (secondary N) is 1. The molecule has 0 saturated carbocycles. The summed E-state index contributed by atoms with van der Waals surface area (Å²) < 4.78 is 8.23. The summed E-state index contributed by atoms with van der Waals surface area (Å²) in [6, 6.07) is 5.45. The fourth-order valence-corrected chi connectivity index (χ4v) is 3.98. The fraction of sp³-hybridized carbons (Fsp3) is 0.300. The smallest absolute Gasteiger partial charge is 0.291 e. The molecule has 8 heteroatoms. The molecule has 1 aliphatic rings. The van der Waals surface area contributed by atoms with Gasteiger partial charge >= 0.3 is 0 Å². The second-order valence-corrected chi connectivity index (χ2v) is 8.67. The van der Waals surface area contributed by atoms with Crippen molar-refractivity contribution in [3.63, 3.8) is 0 Å². The third-order valence-corrected chi connectivity index (χ3v) is 5.35. The molecule has 1 amide bonds.